The van der Waals surface area contributed by atoms with Gasteiger partial charge in [0.1, 0.15) is 5.56 Å². The highest BCUT2D eigenvalue weighted by Gasteiger charge is 2.32. The lowest BCUT2D eigenvalue weighted by molar-refractivity contribution is -0.138. The Morgan fingerprint density at radius 3 is 1.58 bits per heavy atom. The molecule has 382 valence electrons. The third-order valence-electron chi connectivity index (χ3n) is 11.6. The molecule has 0 saturated carbocycles. The minimum atomic E-state index is -4.71. The molecule has 0 aliphatic rings. The van der Waals surface area contributed by atoms with Gasteiger partial charge in [-0.05, 0) is 124 Å². The van der Waals surface area contributed by atoms with Gasteiger partial charge >= 0.3 is 12.4 Å². The highest BCUT2D eigenvalue weighted by molar-refractivity contribution is 7.99. The SMILES string of the molecule is C=C(NCCCCCCCCCCNC(=O)c1cc(S(=O)c2ccc(C#N)cc2)c(C)n(-c2cccc(C(F)(F)F)c2)c1=O)c1cc(Sc2ccc(C#N)cc2)c(C)n(-c2cccc(C(F)(F)F)c2)c1=O.CC. The van der Waals surface area contributed by atoms with Crippen LogP contribution in [0, 0.1) is 36.5 Å². The number of benzene rings is 4. The number of amides is 1. The van der Waals surface area contributed by atoms with Crippen molar-refractivity contribution in [2.24, 2.45) is 0 Å². The number of aromatic nitrogens is 2. The number of carbonyl (C=O) groups excluding carboxylic acids is 1. The number of pyridine rings is 2. The molecular formula is C55H54F6N6O4S2. The lowest BCUT2D eigenvalue weighted by atomic mass is 10.1. The zero-order valence-corrected chi connectivity index (χ0v) is 42.3. The molecule has 2 heterocycles. The Hall–Kier alpha value is -7.15. The first-order valence-corrected chi connectivity index (χ1v) is 25.5. The minimum absolute atomic E-state index is 0.0377. The van der Waals surface area contributed by atoms with Gasteiger partial charge in [0.15, 0.2) is 0 Å². The van der Waals surface area contributed by atoms with E-state index in [1.54, 1.807) is 37.3 Å². The third kappa shape index (κ3) is 14.7. The molecule has 0 spiro atoms. The number of nitrogens with zero attached hydrogens (tertiary/aromatic N) is 4. The van der Waals surface area contributed by atoms with Crippen LogP contribution < -0.4 is 21.8 Å². The Balaban J connectivity index is 0.00000488. The van der Waals surface area contributed by atoms with Crippen LogP contribution in [-0.4, -0.2) is 32.3 Å². The molecule has 0 aliphatic carbocycles. The number of hydrogen-bond donors (Lipinski definition) is 2. The number of alkyl halides is 6. The summed E-state index contributed by atoms with van der Waals surface area (Å²) >= 11 is 1.31. The lowest BCUT2D eigenvalue weighted by Gasteiger charge is -2.19. The van der Waals surface area contributed by atoms with E-state index in [1.165, 1.54) is 71.8 Å². The molecule has 0 radical (unpaired) electrons. The van der Waals surface area contributed by atoms with Gasteiger partial charge in [0, 0.05) is 56.2 Å². The molecule has 0 aliphatic heterocycles. The van der Waals surface area contributed by atoms with E-state index in [4.69, 9.17) is 0 Å². The van der Waals surface area contributed by atoms with E-state index >= 15 is 0 Å². The van der Waals surface area contributed by atoms with Gasteiger partial charge in [-0.15, -0.1) is 0 Å². The maximum absolute atomic E-state index is 14.0. The van der Waals surface area contributed by atoms with E-state index in [0.717, 1.165) is 84.7 Å². The smallest absolute Gasteiger partial charge is 0.385 e. The van der Waals surface area contributed by atoms with E-state index in [-0.39, 0.29) is 39.0 Å². The minimum Gasteiger partial charge on any atom is -0.385 e. The van der Waals surface area contributed by atoms with E-state index in [1.807, 2.05) is 19.9 Å². The first kappa shape index (κ1) is 56.8. The molecule has 18 heteroatoms. The van der Waals surface area contributed by atoms with Crippen molar-refractivity contribution in [2.75, 3.05) is 13.1 Å². The summed E-state index contributed by atoms with van der Waals surface area (Å²) in [6.45, 7) is 11.9. The second kappa shape index (κ2) is 26.0. The second-order valence-corrected chi connectivity index (χ2v) is 19.1. The number of unbranched alkanes of at least 4 members (excludes halogenated alkanes) is 7. The average molecular weight is 1040 g/mol. The van der Waals surface area contributed by atoms with Crippen LogP contribution in [0.4, 0.5) is 26.3 Å². The number of carbonyl (C=O) groups is 1. The maximum atomic E-state index is 14.0. The fraction of sp³-hybridized carbons (Fsp3) is 0.291. The summed E-state index contributed by atoms with van der Waals surface area (Å²) in [5, 5.41) is 24.4. The van der Waals surface area contributed by atoms with Gasteiger partial charge < -0.3 is 10.6 Å². The lowest BCUT2D eigenvalue weighted by Crippen LogP contribution is -2.34. The molecule has 1 unspecified atom stereocenters. The van der Waals surface area contributed by atoms with Crippen LogP contribution in [0.1, 0.15) is 115 Å². The van der Waals surface area contributed by atoms with E-state index in [2.05, 4.69) is 23.3 Å². The molecule has 10 nitrogen and oxygen atoms in total. The molecule has 0 fully saturated rings. The third-order valence-corrected chi connectivity index (χ3v) is 14.2. The van der Waals surface area contributed by atoms with Gasteiger partial charge in [-0.25, -0.2) is 4.21 Å². The van der Waals surface area contributed by atoms with E-state index in [9.17, 15) is 55.5 Å². The summed E-state index contributed by atoms with van der Waals surface area (Å²) in [5.41, 5.74) is -1.97. The van der Waals surface area contributed by atoms with Crippen LogP contribution >= 0.6 is 11.8 Å². The Labute approximate surface area is 426 Å². The average Bonchev–Trinajstić information content (AvgIpc) is 3.37. The predicted molar refractivity (Wildman–Crippen MR) is 272 cm³/mol. The first-order chi connectivity index (χ1) is 34.8. The fourth-order valence-electron chi connectivity index (χ4n) is 7.74. The number of rotatable bonds is 20. The maximum Gasteiger partial charge on any atom is 0.416 e. The van der Waals surface area contributed by atoms with Crippen LogP contribution in [-0.2, 0) is 23.2 Å². The molecule has 0 saturated heterocycles. The van der Waals surface area contributed by atoms with Crippen molar-refractivity contribution in [1.29, 1.82) is 10.5 Å². The van der Waals surface area contributed by atoms with Gasteiger partial charge in [0.2, 0.25) is 0 Å². The molecule has 6 rings (SSSR count). The zero-order valence-electron chi connectivity index (χ0n) is 40.7. The van der Waals surface area contributed by atoms with Crippen molar-refractivity contribution in [1.82, 2.24) is 19.8 Å². The Morgan fingerprint density at radius 1 is 0.630 bits per heavy atom. The molecular weight excluding hydrogens is 987 g/mol. The van der Waals surface area contributed by atoms with Crippen molar-refractivity contribution in [3.05, 3.63) is 181 Å². The molecule has 1 amide bonds. The number of halogens is 6. The monoisotopic (exact) mass is 1040 g/mol. The summed E-state index contributed by atoms with van der Waals surface area (Å²) in [5.74, 6) is -0.767. The van der Waals surface area contributed by atoms with Crippen LogP contribution in [0.25, 0.3) is 17.1 Å². The molecule has 1 atom stereocenters. The summed E-state index contributed by atoms with van der Waals surface area (Å²) in [6, 6.07) is 28.3. The predicted octanol–water partition coefficient (Wildman–Crippen LogP) is 12.8. The van der Waals surface area contributed by atoms with Gasteiger partial charge in [0.25, 0.3) is 17.0 Å². The van der Waals surface area contributed by atoms with Crippen molar-refractivity contribution in [2.45, 2.75) is 111 Å². The summed E-state index contributed by atoms with van der Waals surface area (Å²) in [6.07, 6.45) is -2.74. The first-order valence-electron chi connectivity index (χ1n) is 23.5. The van der Waals surface area contributed by atoms with Gasteiger partial charge in [-0.1, -0.05) is 82.8 Å². The largest absolute Gasteiger partial charge is 0.416 e. The van der Waals surface area contributed by atoms with Crippen LogP contribution in [0.2, 0.25) is 0 Å². The number of hydrogen-bond acceptors (Lipinski definition) is 8. The molecule has 6 aromatic rings. The van der Waals surface area contributed by atoms with Crippen molar-refractivity contribution < 1.29 is 35.3 Å². The Kier molecular flexibility index (Phi) is 20.2. The van der Waals surface area contributed by atoms with Crippen LogP contribution in [0.3, 0.4) is 0 Å². The van der Waals surface area contributed by atoms with Crippen molar-refractivity contribution in [3.63, 3.8) is 0 Å². The van der Waals surface area contributed by atoms with Crippen LogP contribution in [0.15, 0.2) is 145 Å². The highest BCUT2D eigenvalue weighted by Crippen LogP contribution is 2.35. The molecule has 4 aromatic carbocycles. The topological polar surface area (TPSA) is 150 Å². The molecule has 73 heavy (non-hydrogen) atoms. The highest BCUT2D eigenvalue weighted by atomic mass is 32.2. The molecule has 2 aromatic heterocycles. The van der Waals surface area contributed by atoms with Crippen molar-refractivity contribution in [3.8, 4) is 23.5 Å². The second-order valence-electron chi connectivity index (χ2n) is 16.5. The summed E-state index contributed by atoms with van der Waals surface area (Å²) in [7, 11) is -1.98. The molecule has 2 N–H and O–H groups in total. The van der Waals surface area contributed by atoms with Gasteiger partial charge in [-0.3, -0.25) is 23.5 Å². The standard InChI is InChI=1S/C53H48F6N6O4S2.C2H6/c1-34(45-30-47(70-43-22-18-37(32-60)19-23-43)35(2)64(50(45)67)41-16-12-14-39(28-41)52(54,55)56)62-26-10-8-6-4-5-7-9-11-27-63-49(66)46-31-48(71(69)44-24-20-38(33-61)21-25-44)36(3)65(51(46)68)42-17-13-15-40(29-42)53(57,58)59;1-2/h12-25,28-31,62H,1,4-11,26-27H2,2-3H3,(H,63,66);1-2H3. The Bertz CT molecular complexity index is 3150. The zero-order chi connectivity index (χ0) is 53.5. The molecule has 0 bridgehead atoms. The Morgan fingerprint density at radius 2 is 1.08 bits per heavy atom. The van der Waals surface area contributed by atoms with Gasteiger partial charge in [-0.2, -0.15) is 36.9 Å². The normalized spacial score (nSPS) is 11.7. The van der Waals surface area contributed by atoms with E-state index < -0.39 is 56.9 Å². The summed E-state index contributed by atoms with van der Waals surface area (Å²) in [4.78, 5) is 42.9. The number of nitrogens with one attached hydrogen (secondary N) is 2. The van der Waals surface area contributed by atoms with Crippen molar-refractivity contribution >= 4 is 34.2 Å². The fourth-order valence-corrected chi connectivity index (χ4v) is 9.91. The summed E-state index contributed by atoms with van der Waals surface area (Å²) < 4.78 is 98.2. The van der Waals surface area contributed by atoms with E-state index in [0.29, 0.717) is 40.4 Å². The quantitative estimate of drug-likeness (QED) is 0.0567. The number of nitriles is 2. The van der Waals surface area contributed by atoms with Gasteiger partial charge in [0.05, 0.1) is 55.7 Å². The van der Waals surface area contributed by atoms with Crippen LogP contribution in [0.5, 0.6) is 0 Å².